The summed E-state index contributed by atoms with van der Waals surface area (Å²) in [5.74, 6) is -1.27. The largest absolute Gasteiger partial charge is 0.481 e. The van der Waals surface area contributed by atoms with Crippen molar-refractivity contribution < 1.29 is 24.6 Å². The summed E-state index contributed by atoms with van der Waals surface area (Å²) in [6.45, 7) is 9.85. The number of amides is 1. The highest BCUT2D eigenvalue weighted by molar-refractivity contribution is 5.77. The Kier molecular flexibility index (Phi) is 7.87. The fourth-order valence-electron chi connectivity index (χ4n) is 4.44. The van der Waals surface area contributed by atoms with E-state index < -0.39 is 11.9 Å². The van der Waals surface area contributed by atoms with Crippen LogP contribution in [-0.4, -0.2) is 70.6 Å². The van der Waals surface area contributed by atoms with Crippen LogP contribution in [0.15, 0.2) is 0 Å². The summed E-state index contributed by atoms with van der Waals surface area (Å²) in [5.41, 5.74) is -0.0566. The van der Waals surface area contributed by atoms with E-state index in [2.05, 4.69) is 25.7 Å². The zero-order chi connectivity index (χ0) is 20.9. The lowest BCUT2D eigenvalue weighted by Crippen LogP contribution is -2.46. The second kappa shape index (κ2) is 9.72. The molecule has 1 amide bonds. The summed E-state index contributed by atoms with van der Waals surface area (Å²) >= 11 is 0. The van der Waals surface area contributed by atoms with Gasteiger partial charge >= 0.3 is 11.9 Å². The molecule has 2 saturated heterocycles. The van der Waals surface area contributed by atoms with Gasteiger partial charge in [-0.05, 0) is 62.6 Å². The van der Waals surface area contributed by atoms with E-state index in [1.54, 1.807) is 0 Å². The first-order valence-electron chi connectivity index (χ1n) is 10.5. The van der Waals surface area contributed by atoms with Crippen LogP contribution in [0.2, 0.25) is 0 Å². The van der Waals surface area contributed by atoms with Crippen molar-refractivity contribution in [3.63, 3.8) is 0 Å². The second-order valence-corrected chi connectivity index (χ2v) is 9.73. The van der Waals surface area contributed by atoms with Gasteiger partial charge in [-0.25, -0.2) is 0 Å². The SMILES string of the molecule is CC(C)(C)CC(=O)N1CCC(CC(=O)O)C(CCN2CCC(C(=O)O)CC2)C1. The van der Waals surface area contributed by atoms with Crippen molar-refractivity contribution in [2.24, 2.45) is 23.2 Å². The lowest BCUT2D eigenvalue weighted by molar-refractivity contribution is -0.143. The van der Waals surface area contributed by atoms with Crippen LogP contribution in [0.25, 0.3) is 0 Å². The fraction of sp³-hybridized carbons (Fsp3) is 0.857. The predicted molar refractivity (Wildman–Crippen MR) is 106 cm³/mol. The molecule has 0 bridgehead atoms. The number of carbonyl (C=O) groups is 3. The maximum Gasteiger partial charge on any atom is 0.306 e. The smallest absolute Gasteiger partial charge is 0.306 e. The van der Waals surface area contributed by atoms with Crippen molar-refractivity contribution in [3.8, 4) is 0 Å². The van der Waals surface area contributed by atoms with E-state index in [0.29, 0.717) is 32.4 Å². The third kappa shape index (κ3) is 7.08. The van der Waals surface area contributed by atoms with Crippen molar-refractivity contribution in [2.45, 2.75) is 59.3 Å². The molecule has 28 heavy (non-hydrogen) atoms. The highest BCUT2D eigenvalue weighted by Gasteiger charge is 2.34. The standard InChI is InChI=1S/C21H36N2O5/c1-21(2,3)13-18(24)23-11-7-16(12-19(25)26)17(14-23)6-10-22-8-4-15(5-9-22)20(27)28/h15-17H,4-14H2,1-3H3,(H,25,26)(H,27,28). The van der Waals surface area contributed by atoms with Gasteiger partial charge in [-0.15, -0.1) is 0 Å². The Balaban J connectivity index is 1.91. The third-order valence-corrected chi connectivity index (χ3v) is 6.12. The fourth-order valence-corrected chi connectivity index (χ4v) is 4.44. The summed E-state index contributed by atoms with van der Waals surface area (Å²) in [6, 6.07) is 0. The van der Waals surface area contributed by atoms with Gasteiger partial charge in [0.1, 0.15) is 0 Å². The zero-order valence-electron chi connectivity index (χ0n) is 17.5. The quantitative estimate of drug-likeness (QED) is 0.686. The highest BCUT2D eigenvalue weighted by atomic mass is 16.4. The molecule has 160 valence electrons. The number of rotatable bonds is 7. The van der Waals surface area contributed by atoms with Crippen molar-refractivity contribution in [1.29, 1.82) is 0 Å². The Hall–Kier alpha value is -1.63. The van der Waals surface area contributed by atoms with Gasteiger partial charge in [0.15, 0.2) is 0 Å². The average Bonchev–Trinajstić information content (AvgIpc) is 2.59. The Bertz CT molecular complexity index is 564. The molecule has 0 spiro atoms. The first-order valence-corrected chi connectivity index (χ1v) is 10.5. The van der Waals surface area contributed by atoms with Crippen LogP contribution in [-0.2, 0) is 14.4 Å². The molecule has 2 unspecified atom stereocenters. The molecular formula is C21H36N2O5. The van der Waals surface area contributed by atoms with Crippen molar-refractivity contribution in [3.05, 3.63) is 0 Å². The molecule has 0 aromatic heterocycles. The minimum Gasteiger partial charge on any atom is -0.481 e. The summed E-state index contributed by atoms with van der Waals surface area (Å²) in [7, 11) is 0. The average molecular weight is 397 g/mol. The van der Waals surface area contributed by atoms with Crippen LogP contribution < -0.4 is 0 Å². The number of carboxylic acid groups (broad SMARTS) is 2. The maximum atomic E-state index is 12.6. The number of hydrogen-bond acceptors (Lipinski definition) is 4. The normalized spacial score (nSPS) is 24.9. The van der Waals surface area contributed by atoms with Crippen molar-refractivity contribution in [2.75, 3.05) is 32.7 Å². The molecule has 0 saturated carbocycles. The van der Waals surface area contributed by atoms with Gasteiger partial charge in [0.25, 0.3) is 0 Å². The number of nitrogens with zero attached hydrogens (tertiary/aromatic N) is 2. The van der Waals surface area contributed by atoms with E-state index in [0.717, 1.165) is 32.5 Å². The van der Waals surface area contributed by atoms with Gasteiger partial charge in [0, 0.05) is 25.9 Å². The molecular weight excluding hydrogens is 360 g/mol. The summed E-state index contributed by atoms with van der Waals surface area (Å²) < 4.78 is 0. The molecule has 2 aliphatic heterocycles. The minimum atomic E-state index is -0.772. The number of hydrogen-bond donors (Lipinski definition) is 2. The monoisotopic (exact) mass is 396 g/mol. The van der Waals surface area contributed by atoms with E-state index in [4.69, 9.17) is 5.11 Å². The number of likely N-dealkylation sites (tertiary alicyclic amines) is 2. The summed E-state index contributed by atoms with van der Waals surface area (Å²) in [5, 5.41) is 18.4. The Morgan fingerprint density at radius 3 is 2.14 bits per heavy atom. The molecule has 2 N–H and O–H groups in total. The van der Waals surface area contributed by atoms with Crippen LogP contribution in [0.4, 0.5) is 0 Å². The van der Waals surface area contributed by atoms with E-state index in [-0.39, 0.29) is 35.5 Å². The Morgan fingerprint density at radius 1 is 0.964 bits per heavy atom. The molecule has 0 aliphatic carbocycles. The van der Waals surface area contributed by atoms with Gasteiger partial charge in [-0.2, -0.15) is 0 Å². The first kappa shape index (κ1) is 22.7. The van der Waals surface area contributed by atoms with Gasteiger partial charge in [-0.1, -0.05) is 20.8 Å². The summed E-state index contributed by atoms with van der Waals surface area (Å²) in [6.07, 6.45) is 3.62. The molecule has 0 aromatic rings. The van der Waals surface area contributed by atoms with E-state index in [1.165, 1.54) is 0 Å². The van der Waals surface area contributed by atoms with Crippen LogP contribution in [0.3, 0.4) is 0 Å². The Labute approximate surface area is 168 Å². The number of piperidine rings is 2. The molecule has 2 atom stereocenters. The first-order chi connectivity index (χ1) is 13.0. The Morgan fingerprint density at radius 2 is 1.61 bits per heavy atom. The zero-order valence-corrected chi connectivity index (χ0v) is 17.5. The predicted octanol–water partition coefficient (Wildman–Crippen LogP) is 2.55. The molecule has 0 aromatic carbocycles. The third-order valence-electron chi connectivity index (χ3n) is 6.12. The summed E-state index contributed by atoms with van der Waals surface area (Å²) in [4.78, 5) is 39.2. The molecule has 2 fully saturated rings. The van der Waals surface area contributed by atoms with Crippen molar-refractivity contribution >= 4 is 17.8 Å². The van der Waals surface area contributed by atoms with E-state index >= 15 is 0 Å². The topological polar surface area (TPSA) is 98.2 Å². The van der Waals surface area contributed by atoms with Crippen LogP contribution in [0.5, 0.6) is 0 Å². The number of aliphatic carboxylic acids is 2. The molecule has 0 radical (unpaired) electrons. The lowest BCUT2D eigenvalue weighted by Gasteiger charge is -2.40. The van der Waals surface area contributed by atoms with Gasteiger partial charge in [-0.3, -0.25) is 14.4 Å². The van der Waals surface area contributed by atoms with Gasteiger partial charge in [0.05, 0.1) is 5.92 Å². The highest BCUT2D eigenvalue weighted by Crippen LogP contribution is 2.31. The number of carbonyl (C=O) groups excluding carboxylic acids is 1. The second-order valence-electron chi connectivity index (χ2n) is 9.73. The van der Waals surface area contributed by atoms with Gasteiger partial charge in [0.2, 0.25) is 5.91 Å². The maximum absolute atomic E-state index is 12.6. The van der Waals surface area contributed by atoms with Crippen LogP contribution in [0.1, 0.15) is 59.3 Å². The van der Waals surface area contributed by atoms with Crippen LogP contribution in [0, 0.1) is 23.2 Å². The molecule has 7 heteroatoms. The van der Waals surface area contributed by atoms with E-state index in [9.17, 15) is 19.5 Å². The molecule has 2 aliphatic rings. The van der Waals surface area contributed by atoms with Crippen LogP contribution >= 0.6 is 0 Å². The molecule has 2 heterocycles. The molecule has 2 rings (SSSR count). The van der Waals surface area contributed by atoms with Gasteiger partial charge < -0.3 is 20.0 Å². The molecule has 7 nitrogen and oxygen atoms in total. The van der Waals surface area contributed by atoms with Crippen molar-refractivity contribution in [1.82, 2.24) is 9.80 Å². The number of carboxylic acids is 2. The minimum absolute atomic E-state index is 0.0566. The van der Waals surface area contributed by atoms with E-state index in [1.807, 2.05) is 4.90 Å². The lowest BCUT2D eigenvalue weighted by atomic mass is 9.80.